The first kappa shape index (κ1) is 18.4. The SMILES string of the molecule is CC(C)CN1C(N/N=C/c2ccc(Br)cc2)=NC2C1C(=O)NC(=O)N2C. The number of carbonyl (C=O) groups excluding carboxylic acids is 2. The summed E-state index contributed by atoms with van der Waals surface area (Å²) in [5.41, 5.74) is 3.86. The number of imide groups is 1. The summed E-state index contributed by atoms with van der Waals surface area (Å²) in [5, 5.41) is 6.61. The standard InChI is InChI=1S/C17H21BrN6O2/c1-10(2)9-24-13-14(23(3)17(26)21-15(13)25)20-16(24)22-19-8-11-4-6-12(18)7-5-11/h4-8,10,13-14H,9H2,1-3H3,(H,20,22)(H,21,25,26)/b19-8+. The lowest BCUT2D eigenvalue weighted by Gasteiger charge is -2.36. The molecule has 1 fully saturated rings. The van der Waals surface area contributed by atoms with Gasteiger partial charge in [-0.15, -0.1) is 0 Å². The van der Waals surface area contributed by atoms with Crippen molar-refractivity contribution in [2.45, 2.75) is 26.1 Å². The van der Waals surface area contributed by atoms with Crippen LogP contribution in [0.1, 0.15) is 19.4 Å². The maximum absolute atomic E-state index is 12.4. The van der Waals surface area contributed by atoms with E-state index in [1.54, 1.807) is 13.3 Å². The molecule has 2 aliphatic heterocycles. The van der Waals surface area contributed by atoms with Gasteiger partial charge in [-0.1, -0.05) is 41.9 Å². The van der Waals surface area contributed by atoms with E-state index in [0.717, 1.165) is 10.0 Å². The van der Waals surface area contributed by atoms with E-state index in [1.165, 1.54) is 4.90 Å². The first-order valence-electron chi connectivity index (χ1n) is 8.33. The Kier molecular flexibility index (Phi) is 5.26. The number of guanidine groups is 1. The summed E-state index contributed by atoms with van der Waals surface area (Å²) in [4.78, 5) is 32.0. The lowest BCUT2D eigenvalue weighted by molar-refractivity contribution is -0.127. The van der Waals surface area contributed by atoms with Crippen LogP contribution in [0.25, 0.3) is 0 Å². The van der Waals surface area contributed by atoms with E-state index in [0.29, 0.717) is 18.4 Å². The number of nitrogens with zero attached hydrogens (tertiary/aromatic N) is 4. The third-order valence-corrected chi connectivity index (χ3v) is 4.70. The molecular weight excluding hydrogens is 400 g/mol. The average molecular weight is 421 g/mol. The summed E-state index contributed by atoms with van der Waals surface area (Å²) in [6.07, 6.45) is 1.12. The summed E-state index contributed by atoms with van der Waals surface area (Å²) < 4.78 is 0.994. The highest BCUT2D eigenvalue weighted by Gasteiger charge is 2.48. The number of amides is 3. The first-order valence-corrected chi connectivity index (χ1v) is 9.13. The number of urea groups is 1. The molecule has 0 saturated carbocycles. The maximum atomic E-state index is 12.4. The van der Waals surface area contributed by atoms with Gasteiger partial charge in [-0.3, -0.25) is 10.1 Å². The third-order valence-electron chi connectivity index (χ3n) is 4.17. The predicted octanol–water partition coefficient (Wildman–Crippen LogP) is 1.58. The zero-order valence-corrected chi connectivity index (χ0v) is 16.4. The summed E-state index contributed by atoms with van der Waals surface area (Å²) in [6, 6.07) is 6.72. The number of fused-ring (bicyclic) bond motifs is 1. The number of hydrogen-bond donors (Lipinski definition) is 2. The molecule has 0 spiro atoms. The summed E-state index contributed by atoms with van der Waals surface area (Å²) >= 11 is 3.39. The molecule has 1 aromatic carbocycles. The minimum absolute atomic E-state index is 0.312. The van der Waals surface area contributed by atoms with Crippen LogP contribution in [0.5, 0.6) is 0 Å². The van der Waals surface area contributed by atoms with Crippen LogP contribution in [0, 0.1) is 5.92 Å². The highest BCUT2D eigenvalue weighted by Crippen LogP contribution is 2.24. The van der Waals surface area contributed by atoms with E-state index in [1.807, 2.05) is 29.2 Å². The molecule has 0 aromatic heterocycles. The number of halogens is 1. The predicted molar refractivity (Wildman–Crippen MR) is 103 cm³/mol. The van der Waals surface area contributed by atoms with Gasteiger partial charge in [-0.2, -0.15) is 5.10 Å². The van der Waals surface area contributed by atoms with Crippen molar-refractivity contribution in [2.75, 3.05) is 13.6 Å². The summed E-state index contributed by atoms with van der Waals surface area (Å²) in [7, 11) is 1.63. The van der Waals surface area contributed by atoms with Crippen LogP contribution in [-0.4, -0.2) is 59.7 Å². The normalized spacial score (nSPS) is 22.7. The number of hydrogen-bond acceptors (Lipinski definition) is 6. The molecule has 8 nitrogen and oxygen atoms in total. The molecule has 3 rings (SSSR count). The van der Waals surface area contributed by atoms with E-state index >= 15 is 0 Å². The van der Waals surface area contributed by atoms with Gasteiger partial charge >= 0.3 is 6.03 Å². The summed E-state index contributed by atoms with van der Waals surface area (Å²) in [6.45, 7) is 4.74. The second-order valence-electron chi connectivity index (χ2n) is 6.68. The van der Waals surface area contributed by atoms with Crippen molar-refractivity contribution in [1.82, 2.24) is 20.5 Å². The Labute approximate surface area is 160 Å². The van der Waals surface area contributed by atoms with Gasteiger partial charge in [0, 0.05) is 18.1 Å². The molecule has 2 unspecified atom stereocenters. The number of benzene rings is 1. The van der Waals surface area contributed by atoms with Gasteiger partial charge in [0.1, 0.15) is 0 Å². The molecule has 9 heteroatoms. The van der Waals surface area contributed by atoms with E-state index in [2.05, 4.69) is 50.6 Å². The van der Waals surface area contributed by atoms with Crippen LogP contribution in [0.2, 0.25) is 0 Å². The quantitative estimate of drug-likeness (QED) is 0.571. The zero-order chi connectivity index (χ0) is 18.8. The average Bonchev–Trinajstić information content (AvgIpc) is 2.93. The van der Waals surface area contributed by atoms with Crippen LogP contribution in [0.4, 0.5) is 4.79 Å². The van der Waals surface area contributed by atoms with Gasteiger partial charge in [-0.05, 0) is 23.6 Å². The van der Waals surface area contributed by atoms with Gasteiger partial charge in [0.05, 0.1) is 6.21 Å². The second-order valence-corrected chi connectivity index (χ2v) is 7.60. The number of carbonyl (C=O) groups is 2. The van der Waals surface area contributed by atoms with Gasteiger partial charge in [-0.25, -0.2) is 15.2 Å². The second kappa shape index (κ2) is 7.45. The summed E-state index contributed by atoms with van der Waals surface area (Å²) in [5.74, 6) is 0.460. The molecular formula is C17H21BrN6O2. The fraction of sp³-hybridized carbons (Fsp3) is 0.412. The monoisotopic (exact) mass is 420 g/mol. The highest BCUT2D eigenvalue weighted by molar-refractivity contribution is 9.10. The zero-order valence-electron chi connectivity index (χ0n) is 14.8. The van der Waals surface area contributed by atoms with Crippen molar-refractivity contribution >= 4 is 40.0 Å². The van der Waals surface area contributed by atoms with Crippen LogP contribution in [0.15, 0.2) is 38.8 Å². The Morgan fingerprint density at radius 2 is 2.04 bits per heavy atom. The molecule has 0 radical (unpaired) electrons. The van der Waals surface area contributed by atoms with Gasteiger partial charge in [0.25, 0.3) is 5.91 Å². The molecule has 2 heterocycles. The van der Waals surface area contributed by atoms with Gasteiger partial charge in [0.15, 0.2) is 12.2 Å². The van der Waals surface area contributed by atoms with Crippen molar-refractivity contribution in [3.63, 3.8) is 0 Å². The molecule has 2 N–H and O–H groups in total. The Hall–Kier alpha value is -2.42. The van der Waals surface area contributed by atoms with Gasteiger partial charge < -0.3 is 9.80 Å². The molecule has 0 bridgehead atoms. The molecule has 1 saturated heterocycles. The van der Waals surface area contributed by atoms with Crippen molar-refractivity contribution in [3.05, 3.63) is 34.3 Å². The number of likely N-dealkylation sites (N-methyl/N-ethyl adjacent to an activating group) is 1. The molecule has 2 atom stereocenters. The minimum Gasteiger partial charge on any atom is -0.325 e. The van der Waals surface area contributed by atoms with E-state index in [4.69, 9.17) is 0 Å². The van der Waals surface area contributed by atoms with Crippen molar-refractivity contribution in [2.24, 2.45) is 16.0 Å². The van der Waals surface area contributed by atoms with Crippen LogP contribution < -0.4 is 10.7 Å². The molecule has 138 valence electrons. The molecule has 2 aliphatic rings. The third kappa shape index (κ3) is 3.72. The Morgan fingerprint density at radius 1 is 1.35 bits per heavy atom. The fourth-order valence-electron chi connectivity index (χ4n) is 2.93. The van der Waals surface area contributed by atoms with Crippen molar-refractivity contribution < 1.29 is 9.59 Å². The Bertz CT molecular complexity index is 761. The van der Waals surface area contributed by atoms with Crippen molar-refractivity contribution in [1.29, 1.82) is 0 Å². The molecule has 0 aliphatic carbocycles. The fourth-order valence-corrected chi connectivity index (χ4v) is 3.19. The van der Waals surface area contributed by atoms with Crippen LogP contribution in [0.3, 0.4) is 0 Å². The lowest BCUT2D eigenvalue weighted by atomic mass is 10.1. The van der Waals surface area contributed by atoms with Crippen LogP contribution in [-0.2, 0) is 4.79 Å². The highest BCUT2D eigenvalue weighted by atomic mass is 79.9. The number of rotatable bonds is 4. The number of nitrogens with one attached hydrogen (secondary N) is 2. The van der Waals surface area contributed by atoms with Gasteiger partial charge in [0.2, 0.25) is 5.96 Å². The molecule has 3 amide bonds. The smallest absolute Gasteiger partial charge is 0.325 e. The van der Waals surface area contributed by atoms with E-state index in [-0.39, 0.29) is 5.91 Å². The topological polar surface area (TPSA) is 89.4 Å². The van der Waals surface area contributed by atoms with E-state index < -0.39 is 18.2 Å². The largest absolute Gasteiger partial charge is 0.325 e. The molecule has 1 aromatic rings. The number of hydrazone groups is 1. The van der Waals surface area contributed by atoms with E-state index in [9.17, 15) is 9.59 Å². The Balaban J connectivity index is 1.79. The minimum atomic E-state index is -0.555. The molecule has 26 heavy (non-hydrogen) atoms. The van der Waals surface area contributed by atoms with Crippen molar-refractivity contribution in [3.8, 4) is 0 Å². The lowest BCUT2D eigenvalue weighted by Crippen LogP contribution is -2.64. The maximum Gasteiger partial charge on any atom is 0.325 e. The number of aliphatic imine (C=N–C) groups is 1. The first-order chi connectivity index (χ1) is 12.4. The Morgan fingerprint density at radius 3 is 2.69 bits per heavy atom. The van der Waals surface area contributed by atoms with Crippen LogP contribution >= 0.6 is 15.9 Å².